The normalized spacial score (nSPS) is 23.8. The van der Waals surface area contributed by atoms with E-state index in [-0.39, 0.29) is 0 Å². The highest BCUT2D eigenvalue weighted by Gasteiger charge is 2.30. The molecule has 0 N–H and O–H groups in total. The molecule has 0 aromatic carbocycles. The van der Waals surface area contributed by atoms with E-state index in [1.807, 2.05) is 0 Å². The lowest BCUT2D eigenvalue weighted by Crippen LogP contribution is -2.40. The highest BCUT2D eigenvalue weighted by Crippen LogP contribution is 2.29. The van der Waals surface area contributed by atoms with Gasteiger partial charge in [-0.2, -0.15) is 12.6 Å². The summed E-state index contributed by atoms with van der Waals surface area (Å²) in [6.45, 7) is 17.7. The number of likely N-dealkylation sites (N-methyl/N-ethyl adjacent to an activating group) is 1. The summed E-state index contributed by atoms with van der Waals surface area (Å²) in [6, 6.07) is 0.778. The van der Waals surface area contributed by atoms with Crippen LogP contribution in [0.2, 0.25) is 0 Å². The molecular weight excluding hydrogens is 240 g/mol. The van der Waals surface area contributed by atoms with Gasteiger partial charge in [0.25, 0.3) is 0 Å². The van der Waals surface area contributed by atoms with Crippen molar-refractivity contribution in [3.63, 3.8) is 0 Å². The molecule has 0 aliphatic carbocycles. The van der Waals surface area contributed by atoms with Gasteiger partial charge < -0.3 is 4.90 Å². The van der Waals surface area contributed by atoms with Crippen LogP contribution < -0.4 is 0 Å². The fourth-order valence-corrected chi connectivity index (χ4v) is 3.60. The van der Waals surface area contributed by atoms with Gasteiger partial charge in [-0.3, -0.25) is 4.90 Å². The second-order valence-electron chi connectivity index (χ2n) is 6.67. The van der Waals surface area contributed by atoms with Crippen molar-refractivity contribution in [2.45, 2.75) is 47.1 Å². The summed E-state index contributed by atoms with van der Waals surface area (Å²) < 4.78 is 0. The highest BCUT2D eigenvalue weighted by atomic mass is 32.1. The Bertz CT molecular complexity index is 233. The van der Waals surface area contributed by atoms with Crippen molar-refractivity contribution in [2.24, 2.45) is 11.3 Å². The van der Waals surface area contributed by atoms with E-state index in [4.69, 9.17) is 0 Å². The summed E-state index contributed by atoms with van der Waals surface area (Å²) >= 11 is 4.54. The number of likely N-dealkylation sites (tertiary alicyclic amines) is 1. The second-order valence-corrected chi connectivity index (χ2v) is 7.03. The standard InChI is InChI=1S/C15H32N2S/c1-6-17(7-2)14-8-9-16(11-14)10-13(12-18)15(3,4)5/h13-14,18H,6-12H2,1-5H3. The predicted octanol–water partition coefficient (Wildman–Crippen LogP) is 2.99. The van der Waals surface area contributed by atoms with Gasteiger partial charge >= 0.3 is 0 Å². The molecule has 0 radical (unpaired) electrons. The Morgan fingerprint density at radius 1 is 1.28 bits per heavy atom. The summed E-state index contributed by atoms with van der Waals surface area (Å²) in [5, 5.41) is 0. The molecule has 0 aromatic rings. The maximum Gasteiger partial charge on any atom is 0.0235 e. The molecule has 18 heavy (non-hydrogen) atoms. The van der Waals surface area contributed by atoms with Gasteiger partial charge in [0, 0.05) is 19.1 Å². The molecule has 2 atom stereocenters. The number of rotatable bonds is 6. The van der Waals surface area contributed by atoms with Crippen molar-refractivity contribution in [1.29, 1.82) is 0 Å². The quantitative estimate of drug-likeness (QED) is 0.743. The molecule has 2 unspecified atom stereocenters. The summed E-state index contributed by atoms with van der Waals surface area (Å²) in [7, 11) is 0. The van der Waals surface area contributed by atoms with E-state index in [0.717, 1.165) is 11.8 Å². The van der Waals surface area contributed by atoms with Crippen LogP contribution in [0.3, 0.4) is 0 Å². The number of thiol groups is 1. The third-order valence-corrected chi connectivity index (χ3v) is 4.94. The molecule has 0 saturated carbocycles. The third-order valence-electron chi connectivity index (χ3n) is 4.50. The van der Waals surface area contributed by atoms with Crippen LogP contribution >= 0.6 is 12.6 Å². The zero-order valence-corrected chi connectivity index (χ0v) is 13.8. The molecule has 1 fully saturated rings. The van der Waals surface area contributed by atoms with E-state index in [2.05, 4.69) is 57.0 Å². The van der Waals surface area contributed by atoms with E-state index in [1.54, 1.807) is 0 Å². The fourth-order valence-electron chi connectivity index (χ4n) is 2.93. The van der Waals surface area contributed by atoms with Gasteiger partial charge in [-0.1, -0.05) is 34.6 Å². The summed E-state index contributed by atoms with van der Waals surface area (Å²) in [4.78, 5) is 5.25. The minimum atomic E-state index is 0.370. The summed E-state index contributed by atoms with van der Waals surface area (Å²) in [5.41, 5.74) is 0.370. The summed E-state index contributed by atoms with van der Waals surface area (Å²) in [5.74, 6) is 1.69. The zero-order valence-electron chi connectivity index (χ0n) is 12.9. The molecule has 0 bridgehead atoms. The zero-order chi connectivity index (χ0) is 13.8. The Morgan fingerprint density at radius 3 is 2.33 bits per heavy atom. The molecule has 1 aliphatic rings. The van der Waals surface area contributed by atoms with E-state index >= 15 is 0 Å². The second kappa shape index (κ2) is 7.16. The van der Waals surface area contributed by atoms with Crippen LogP contribution in [-0.4, -0.2) is 54.3 Å². The van der Waals surface area contributed by atoms with Gasteiger partial charge in [0.1, 0.15) is 0 Å². The average Bonchev–Trinajstić information content (AvgIpc) is 2.74. The molecule has 108 valence electrons. The molecule has 3 heteroatoms. The first-order chi connectivity index (χ1) is 8.42. The Morgan fingerprint density at radius 2 is 1.89 bits per heavy atom. The average molecular weight is 273 g/mol. The molecule has 0 amide bonds. The fraction of sp³-hybridized carbons (Fsp3) is 1.00. The van der Waals surface area contributed by atoms with Crippen molar-refractivity contribution in [1.82, 2.24) is 9.80 Å². The van der Waals surface area contributed by atoms with Gasteiger partial charge in [0.05, 0.1) is 0 Å². The van der Waals surface area contributed by atoms with Gasteiger partial charge in [0.15, 0.2) is 0 Å². The van der Waals surface area contributed by atoms with Crippen LogP contribution in [0.25, 0.3) is 0 Å². The maximum absolute atomic E-state index is 4.54. The number of hydrogen-bond acceptors (Lipinski definition) is 3. The Hall–Kier alpha value is 0.270. The van der Waals surface area contributed by atoms with Gasteiger partial charge in [0.2, 0.25) is 0 Å². The van der Waals surface area contributed by atoms with Crippen LogP contribution in [0.5, 0.6) is 0 Å². The van der Waals surface area contributed by atoms with Crippen LogP contribution in [0.15, 0.2) is 0 Å². The Balaban J connectivity index is 2.47. The van der Waals surface area contributed by atoms with Crippen molar-refractivity contribution >= 4 is 12.6 Å². The third kappa shape index (κ3) is 4.43. The van der Waals surface area contributed by atoms with Crippen LogP contribution in [0.4, 0.5) is 0 Å². The monoisotopic (exact) mass is 272 g/mol. The molecular formula is C15H32N2S. The van der Waals surface area contributed by atoms with E-state index < -0.39 is 0 Å². The van der Waals surface area contributed by atoms with Crippen LogP contribution in [0, 0.1) is 11.3 Å². The SMILES string of the molecule is CCN(CC)C1CCN(CC(CS)C(C)(C)C)C1. The molecule has 2 nitrogen and oxygen atoms in total. The first-order valence-electron chi connectivity index (χ1n) is 7.49. The van der Waals surface area contributed by atoms with Gasteiger partial charge in [-0.25, -0.2) is 0 Å². The Labute approximate surface area is 120 Å². The highest BCUT2D eigenvalue weighted by molar-refractivity contribution is 7.80. The summed E-state index contributed by atoms with van der Waals surface area (Å²) in [6.07, 6.45) is 1.34. The molecule has 1 heterocycles. The lowest BCUT2D eigenvalue weighted by Gasteiger charge is -2.33. The van der Waals surface area contributed by atoms with E-state index in [1.165, 1.54) is 39.1 Å². The van der Waals surface area contributed by atoms with Crippen LogP contribution in [-0.2, 0) is 0 Å². The molecule has 1 rings (SSSR count). The lowest BCUT2D eigenvalue weighted by atomic mass is 9.81. The first kappa shape index (κ1) is 16.3. The number of nitrogens with zero attached hydrogens (tertiary/aromatic N) is 2. The van der Waals surface area contributed by atoms with Crippen molar-refractivity contribution < 1.29 is 0 Å². The maximum atomic E-state index is 4.54. The van der Waals surface area contributed by atoms with E-state index in [9.17, 15) is 0 Å². The Kier molecular flexibility index (Phi) is 6.49. The minimum Gasteiger partial charge on any atom is -0.301 e. The van der Waals surface area contributed by atoms with Crippen molar-refractivity contribution in [2.75, 3.05) is 38.5 Å². The van der Waals surface area contributed by atoms with E-state index in [0.29, 0.717) is 11.3 Å². The number of hydrogen-bond donors (Lipinski definition) is 1. The van der Waals surface area contributed by atoms with Gasteiger partial charge in [-0.15, -0.1) is 0 Å². The van der Waals surface area contributed by atoms with Gasteiger partial charge in [-0.05, 0) is 43.1 Å². The predicted molar refractivity (Wildman–Crippen MR) is 84.6 cm³/mol. The largest absolute Gasteiger partial charge is 0.301 e. The van der Waals surface area contributed by atoms with Crippen molar-refractivity contribution in [3.8, 4) is 0 Å². The van der Waals surface area contributed by atoms with Crippen LogP contribution in [0.1, 0.15) is 41.0 Å². The topological polar surface area (TPSA) is 6.48 Å². The smallest absolute Gasteiger partial charge is 0.0235 e. The first-order valence-corrected chi connectivity index (χ1v) is 8.12. The minimum absolute atomic E-state index is 0.370. The molecule has 1 saturated heterocycles. The lowest BCUT2D eigenvalue weighted by molar-refractivity contribution is 0.167. The molecule has 1 aliphatic heterocycles. The van der Waals surface area contributed by atoms with Crippen molar-refractivity contribution in [3.05, 3.63) is 0 Å². The molecule has 0 aromatic heterocycles. The molecule has 0 spiro atoms.